The van der Waals surface area contributed by atoms with Gasteiger partial charge in [-0.3, -0.25) is 4.79 Å². The number of anilines is 1. The minimum Gasteiger partial charge on any atom is -0.399 e. The summed E-state index contributed by atoms with van der Waals surface area (Å²) in [6, 6.07) is 0. The maximum atomic E-state index is 11.6. The largest absolute Gasteiger partial charge is 0.498 e. The lowest BCUT2D eigenvalue weighted by molar-refractivity contribution is -0.130. The number of aromatic nitrogens is 2. The number of likely N-dealkylation sites (tertiary alicyclic amines) is 1. The number of carbonyl (C=O) groups is 1. The van der Waals surface area contributed by atoms with Crippen molar-refractivity contribution in [1.29, 1.82) is 0 Å². The Morgan fingerprint density at radius 2 is 1.85 bits per heavy atom. The van der Waals surface area contributed by atoms with Crippen molar-refractivity contribution in [3.05, 3.63) is 12.4 Å². The highest BCUT2D eigenvalue weighted by Crippen LogP contribution is 2.36. The van der Waals surface area contributed by atoms with E-state index < -0.39 is 7.12 Å². The number of piperidine rings is 1. The summed E-state index contributed by atoms with van der Waals surface area (Å²) in [5.41, 5.74) is 0.0687. The molecule has 2 aliphatic rings. The van der Waals surface area contributed by atoms with Crippen LogP contribution in [0.3, 0.4) is 0 Å². The zero-order chi connectivity index (χ0) is 19.8. The first-order chi connectivity index (χ1) is 12.6. The van der Waals surface area contributed by atoms with Gasteiger partial charge in [0.25, 0.3) is 0 Å². The van der Waals surface area contributed by atoms with Gasteiger partial charge in [0.15, 0.2) is 0 Å². The first kappa shape index (κ1) is 20.1. The van der Waals surface area contributed by atoms with Crippen LogP contribution in [0, 0.1) is 5.92 Å². The predicted molar refractivity (Wildman–Crippen MR) is 106 cm³/mol. The van der Waals surface area contributed by atoms with E-state index in [9.17, 15) is 4.79 Å². The highest BCUT2D eigenvalue weighted by atomic mass is 16.7. The topological polar surface area (TPSA) is 67.8 Å². The van der Waals surface area contributed by atoms with Crippen LogP contribution in [-0.4, -0.2) is 65.8 Å². The highest BCUT2D eigenvalue weighted by molar-refractivity contribution is 6.61. The summed E-state index contributed by atoms with van der Waals surface area (Å²) >= 11 is 0. The Morgan fingerprint density at radius 1 is 1.26 bits per heavy atom. The van der Waals surface area contributed by atoms with E-state index in [2.05, 4.69) is 14.9 Å². The smallest absolute Gasteiger partial charge is 0.399 e. The summed E-state index contributed by atoms with van der Waals surface area (Å²) in [5, 5.41) is 0. The Labute approximate surface area is 162 Å². The minimum atomic E-state index is -0.447. The van der Waals surface area contributed by atoms with Gasteiger partial charge in [-0.05, 0) is 46.5 Å². The van der Waals surface area contributed by atoms with E-state index in [1.807, 2.05) is 39.6 Å². The van der Waals surface area contributed by atoms with Gasteiger partial charge in [-0.2, -0.15) is 0 Å². The number of hydrogen-bond donors (Lipinski definition) is 0. The summed E-state index contributed by atoms with van der Waals surface area (Å²) in [6.45, 7) is 12.3. The van der Waals surface area contributed by atoms with Crippen molar-refractivity contribution in [3.63, 3.8) is 0 Å². The molecule has 2 aliphatic heterocycles. The fraction of sp³-hybridized carbons (Fsp3) is 0.737. The molecular formula is C19H31BN4O3. The molecule has 1 amide bonds. The number of rotatable bonds is 4. The second kappa shape index (κ2) is 7.39. The zero-order valence-electron chi connectivity index (χ0n) is 17.4. The molecule has 2 fully saturated rings. The van der Waals surface area contributed by atoms with E-state index in [0.29, 0.717) is 11.9 Å². The van der Waals surface area contributed by atoms with E-state index in [1.165, 1.54) is 0 Å². The van der Waals surface area contributed by atoms with Crippen molar-refractivity contribution in [2.24, 2.45) is 5.92 Å². The molecule has 0 radical (unpaired) electrons. The molecule has 0 aliphatic carbocycles. The van der Waals surface area contributed by atoms with Crippen molar-refractivity contribution < 1.29 is 14.1 Å². The van der Waals surface area contributed by atoms with Crippen molar-refractivity contribution in [1.82, 2.24) is 14.9 Å². The molecule has 1 atom stereocenters. The normalized spacial score (nSPS) is 24.1. The third-order valence-electron chi connectivity index (χ3n) is 6.02. The van der Waals surface area contributed by atoms with Gasteiger partial charge in [-0.1, -0.05) is 0 Å². The lowest BCUT2D eigenvalue weighted by atomic mass is 9.81. The molecule has 0 N–H and O–H groups in total. The third kappa shape index (κ3) is 4.27. The van der Waals surface area contributed by atoms with Crippen LogP contribution in [0.25, 0.3) is 0 Å². The highest BCUT2D eigenvalue weighted by Gasteiger charge is 2.52. The maximum absolute atomic E-state index is 11.6. The van der Waals surface area contributed by atoms with Gasteiger partial charge >= 0.3 is 7.12 Å². The number of nitrogens with zero attached hydrogens (tertiary/aromatic N) is 4. The second-order valence-electron chi connectivity index (χ2n) is 8.76. The average Bonchev–Trinajstić information content (AvgIpc) is 2.83. The molecule has 0 aromatic carbocycles. The fourth-order valence-corrected chi connectivity index (χ4v) is 3.60. The van der Waals surface area contributed by atoms with Crippen LogP contribution in [0.4, 0.5) is 5.95 Å². The van der Waals surface area contributed by atoms with Crippen LogP contribution < -0.4 is 10.4 Å². The van der Waals surface area contributed by atoms with E-state index >= 15 is 0 Å². The Kier molecular flexibility index (Phi) is 5.50. The molecule has 0 saturated carbocycles. The number of carbonyl (C=O) groups excluding carboxylic acids is 1. The standard InChI is InChI=1S/C19H31BN4O3/c1-14(25)24-9-7-8-15(13-24)12-23(6)17-21-10-16(11-22-17)20-26-18(2,3)19(4,5)27-20/h10-11,15H,7-9,12-13H2,1-6H3/t15-/m1/s1. The molecule has 3 rings (SSSR count). The third-order valence-corrected chi connectivity index (χ3v) is 6.02. The molecule has 1 aromatic heterocycles. The summed E-state index contributed by atoms with van der Waals surface area (Å²) in [5.74, 6) is 1.28. The average molecular weight is 374 g/mol. The van der Waals surface area contributed by atoms with E-state index in [1.54, 1.807) is 19.3 Å². The molecule has 2 saturated heterocycles. The summed E-state index contributed by atoms with van der Waals surface area (Å²) in [6.07, 6.45) is 5.74. The van der Waals surface area contributed by atoms with Gasteiger partial charge in [0, 0.05) is 51.5 Å². The lowest BCUT2D eigenvalue weighted by Gasteiger charge is -2.34. The molecule has 0 bridgehead atoms. The molecule has 8 heteroatoms. The van der Waals surface area contributed by atoms with Crippen molar-refractivity contribution in [2.45, 2.75) is 58.7 Å². The van der Waals surface area contributed by atoms with Crippen LogP contribution in [0.15, 0.2) is 12.4 Å². The van der Waals surface area contributed by atoms with Gasteiger partial charge in [0.2, 0.25) is 11.9 Å². The van der Waals surface area contributed by atoms with Crippen LogP contribution in [0.2, 0.25) is 0 Å². The Bertz CT molecular complexity index is 664. The van der Waals surface area contributed by atoms with Crippen molar-refractivity contribution in [2.75, 3.05) is 31.6 Å². The molecule has 3 heterocycles. The van der Waals surface area contributed by atoms with E-state index in [-0.39, 0.29) is 17.1 Å². The molecule has 27 heavy (non-hydrogen) atoms. The summed E-state index contributed by atoms with van der Waals surface area (Å²) < 4.78 is 12.1. The second-order valence-corrected chi connectivity index (χ2v) is 8.76. The Hall–Kier alpha value is -1.67. The van der Waals surface area contributed by atoms with Crippen molar-refractivity contribution in [3.8, 4) is 0 Å². The molecular weight excluding hydrogens is 343 g/mol. The SMILES string of the molecule is CC(=O)N1CCC[C@H](CN(C)c2ncc(B3OC(C)(C)C(C)(C)O3)cn2)C1. The quantitative estimate of drug-likeness (QED) is 0.744. The summed E-state index contributed by atoms with van der Waals surface area (Å²) in [7, 11) is 1.55. The zero-order valence-corrected chi connectivity index (χ0v) is 17.4. The van der Waals surface area contributed by atoms with Crippen LogP contribution in [0.5, 0.6) is 0 Å². The van der Waals surface area contributed by atoms with Gasteiger partial charge in [0.05, 0.1) is 11.2 Å². The molecule has 0 unspecified atom stereocenters. The maximum Gasteiger partial charge on any atom is 0.498 e. The first-order valence-corrected chi connectivity index (χ1v) is 9.73. The molecule has 0 spiro atoms. The summed E-state index contributed by atoms with van der Waals surface area (Å²) in [4.78, 5) is 24.6. The van der Waals surface area contributed by atoms with Gasteiger partial charge in [0.1, 0.15) is 0 Å². The lowest BCUT2D eigenvalue weighted by Crippen LogP contribution is -2.42. The van der Waals surface area contributed by atoms with Crippen molar-refractivity contribution >= 4 is 24.4 Å². The molecule has 1 aromatic rings. The van der Waals surface area contributed by atoms with Crippen LogP contribution in [0.1, 0.15) is 47.5 Å². The van der Waals surface area contributed by atoms with E-state index in [4.69, 9.17) is 9.31 Å². The van der Waals surface area contributed by atoms with E-state index in [0.717, 1.165) is 37.9 Å². The van der Waals surface area contributed by atoms with Crippen LogP contribution >= 0.6 is 0 Å². The Morgan fingerprint density at radius 3 is 2.41 bits per heavy atom. The van der Waals surface area contributed by atoms with Gasteiger partial charge in [-0.15, -0.1) is 0 Å². The molecule has 148 valence electrons. The first-order valence-electron chi connectivity index (χ1n) is 9.73. The van der Waals surface area contributed by atoms with Crippen LogP contribution in [-0.2, 0) is 14.1 Å². The number of hydrogen-bond acceptors (Lipinski definition) is 6. The predicted octanol–water partition coefficient (Wildman–Crippen LogP) is 1.47. The molecule has 7 nitrogen and oxygen atoms in total. The number of amides is 1. The fourth-order valence-electron chi connectivity index (χ4n) is 3.60. The van der Waals surface area contributed by atoms with Gasteiger partial charge < -0.3 is 19.1 Å². The van der Waals surface area contributed by atoms with Gasteiger partial charge in [-0.25, -0.2) is 9.97 Å². The Balaban J connectivity index is 1.61. The monoisotopic (exact) mass is 374 g/mol. The minimum absolute atomic E-state index is 0.158.